The van der Waals surface area contributed by atoms with E-state index in [-0.39, 0.29) is 11.9 Å². The highest BCUT2D eigenvalue weighted by molar-refractivity contribution is 5.78. The van der Waals surface area contributed by atoms with Gasteiger partial charge in [0, 0.05) is 25.0 Å². The number of aromatic nitrogens is 1. The molecule has 4 nitrogen and oxygen atoms in total. The Morgan fingerprint density at radius 2 is 2.33 bits per heavy atom. The van der Waals surface area contributed by atoms with Crippen LogP contribution in [0.3, 0.4) is 0 Å². The molecular formula is C11H17N3O. The van der Waals surface area contributed by atoms with Gasteiger partial charge in [-0.1, -0.05) is 6.07 Å². The van der Waals surface area contributed by atoms with Gasteiger partial charge >= 0.3 is 0 Å². The highest BCUT2D eigenvalue weighted by Gasteiger charge is 2.01. The Kier molecular flexibility index (Phi) is 4.77. The zero-order chi connectivity index (χ0) is 11.1. The molecule has 0 aliphatic rings. The summed E-state index contributed by atoms with van der Waals surface area (Å²) in [7, 11) is 0. The maximum absolute atomic E-state index is 11.3. The average Bonchev–Trinajstić information content (AvgIpc) is 2.18. The first-order valence-corrected chi connectivity index (χ1v) is 5.07. The van der Waals surface area contributed by atoms with Crippen molar-refractivity contribution in [3.63, 3.8) is 0 Å². The maximum atomic E-state index is 11.3. The lowest BCUT2D eigenvalue weighted by Crippen LogP contribution is -2.37. The summed E-state index contributed by atoms with van der Waals surface area (Å²) in [5, 5.41) is 5.87. The molecule has 4 heteroatoms. The molecule has 1 aromatic rings. The number of amides is 1. The van der Waals surface area contributed by atoms with Gasteiger partial charge in [0.15, 0.2) is 0 Å². The van der Waals surface area contributed by atoms with Crippen LogP contribution in [0.1, 0.15) is 19.4 Å². The molecule has 0 aliphatic heterocycles. The number of rotatable bonds is 5. The molecule has 0 atom stereocenters. The second kappa shape index (κ2) is 6.14. The molecular weight excluding hydrogens is 190 g/mol. The molecule has 0 radical (unpaired) electrons. The summed E-state index contributed by atoms with van der Waals surface area (Å²) < 4.78 is 0. The number of hydrogen-bond donors (Lipinski definition) is 2. The quantitative estimate of drug-likeness (QED) is 0.747. The van der Waals surface area contributed by atoms with Gasteiger partial charge in [0.05, 0.1) is 6.54 Å². The Balaban J connectivity index is 2.19. The third-order valence-corrected chi connectivity index (χ3v) is 1.79. The van der Waals surface area contributed by atoms with E-state index in [2.05, 4.69) is 15.6 Å². The molecule has 0 spiro atoms. The highest BCUT2D eigenvalue weighted by Crippen LogP contribution is 1.93. The second-order valence-corrected chi connectivity index (χ2v) is 3.69. The molecule has 0 saturated carbocycles. The Hall–Kier alpha value is -1.42. The van der Waals surface area contributed by atoms with Crippen LogP contribution in [0.2, 0.25) is 0 Å². The molecule has 82 valence electrons. The van der Waals surface area contributed by atoms with Crippen LogP contribution < -0.4 is 10.6 Å². The maximum Gasteiger partial charge on any atom is 0.234 e. The van der Waals surface area contributed by atoms with Crippen LogP contribution >= 0.6 is 0 Å². The van der Waals surface area contributed by atoms with Crippen LogP contribution in [-0.2, 0) is 11.3 Å². The summed E-state index contributed by atoms with van der Waals surface area (Å²) in [5.74, 6) is 0.0221. The fourth-order valence-corrected chi connectivity index (χ4v) is 1.20. The zero-order valence-corrected chi connectivity index (χ0v) is 9.16. The van der Waals surface area contributed by atoms with Crippen LogP contribution in [0.4, 0.5) is 0 Å². The van der Waals surface area contributed by atoms with Gasteiger partial charge in [0.2, 0.25) is 5.91 Å². The van der Waals surface area contributed by atoms with Crippen LogP contribution in [0.25, 0.3) is 0 Å². The Labute approximate surface area is 90.1 Å². The Morgan fingerprint density at radius 3 is 2.93 bits per heavy atom. The summed E-state index contributed by atoms with van der Waals surface area (Å²) in [6, 6.07) is 4.05. The van der Waals surface area contributed by atoms with Crippen molar-refractivity contribution in [3.05, 3.63) is 30.1 Å². The van der Waals surface area contributed by atoms with E-state index < -0.39 is 0 Å². The van der Waals surface area contributed by atoms with Crippen molar-refractivity contribution in [2.75, 3.05) is 6.54 Å². The van der Waals surface area contributed by atoms with E-state index in [0.717, 1.165) is 5.56 Å². The van der Waals surface area contributed by atoms with Crippen molar-refractivity contribution < 1.29 is 4.79 Å². The summed E-state index contributed by atoms with van der Waals surface area (Å²) in [6.07, 6.45) is 3.52. The van der Waals surface area contributed by atoms with Gasteiger partial charge in [0.25, 0.3) is 0 Å². The molecule has 0 unspecified atom stereocenters. The molecule has 1 rings (SSSR count). The van der Waals surface area contributed by atoms with Crippen LogP contribution in [0.15, 0.2) is 24.5 Å². The first-order valence-electron chi connectivity index (χ1n) is 5.07. The number of carbonyl (C=O) groups excluding carboxylic acids is 1. The number of carbonyl (C=O) groups is 1. The number of pyridine rings is 1. The van der Waals surface area contributed by atoms with Crippen molar-refractivity contribution in [1.82, 2.24) is 15.6 Å². The van der Waals surface area contributed by atoms with E-state index in [9.17, 15) is 4.79 Å². The molecule has 0 aromatic carbocycles. The largest absolute Gasteiger partial charge is 0.353 e. The lowest BCUT2D eigenvalue weighted by atomic mass is 10.3. The van der Waals surface area contributed by atoms with E-state index in [1.807, 2.05) is 26.0 Å². The normalized spacial score (nSPS) is 10.3. The monoisotopic (exact) mass is 207 g/mol. The number of hydrogen-bond acceptors (Lipinski definition) is 3. The molecule has 0 aliphatic carbocycles. The first-order chi connectivity index (χ1) is 7.18. The second-order valence-electron chi connectivity index (χ2n) is 3.69. The van der Waals surface area contributed by atoms with Gasteiger partial charge < -0.3 is 10.6 Å². The fourth-order valence-electron chi connectivity index (χ4n) is 1.20. The van der Waals surface area contributed by atoms with Crippen molar-refractivity contribution in [1.29, 1.82) is 0 Å². The molecule has 0 saturated heterocycles. The van der Waals surface area contributed by atoms with Crippen molar-refractivity contribution >= 4 is 5.91 Å². The predicted octanol–water partition coefficient (Wildman–Crippen LogP) is 0.696. The number of nitrogens with one attached hydrogen (secondary N) is 2. The van der Waals surface area contributed by atoms with Crippen LogP contribution in [0.5, 0.6) is 0 Å². The third-order valence-electron chi connectivity index (χ3n) is 1.79. The topological polar surface area (TPSA) is 54.0 Å². The summed E-state index contributed by atoms with van der Waals surface area (Å²) >= 11 is 0. The minimum Gasteiger partial charge on any atom is -0.353 e. The molecule has 1 heterocycles. The van der Waals surface area contributed by atoms with Gasteiger partial charge in [-0.2, -0.15) is 0 Å². The van der Waals surface area contributed by atoms with E-state index in [1.54, 1.807) is 12.4 Å². The van der Waals surface area contributed by atoms with Crippen LogP contribution in [-0.4, -0.2) is 23.5 Å². The number of nitrogens with zero attached hydrogens (tertiary/aromatic N) is 1. The predicted molar refractivity (Wildman–Crippen MR) is 59.2 cm³/mol. The summed E-state index contributed by atoms with van der Waals surface area (Å²) in [4.78, 5) is 15.2. The van der Waals surface area contributed by atoms with Crippen molar-refractivity contribution in [2.24, 2.45) is 0 Å². The SMILES string of the molecule is CC(C)NC(=O)CNCc1cccnc1. The molecule has 1 aromatic heterocycles. The average molecular weight is 207 g/mol. The summed E-state index contributed by atoms with van der Waals surface area (Å²) in [6.45, 7) is 4.89. The van der Waals surface area contributed by atoms with E-state index in [0.29, 0.717) is 13.1 Å². The molecule has 2 N–H and O–H groups in total. The minimum absolute atomic E-state index is 0.0221. The lowest BCUT2D eigenvalue weighted by molar-refractivity contribution is -0.120. The van der Waals surface area contributed by atoms with E-state index in [1.165, 1.54) is 0 Å². The van der Waals surface area contributed by atoms with Gasteiger partial charge in [0.1, 0.15) is 0 Å². The standard InChI is InChI=1S/C11H17N3O/c1-9(2)14-11(15)8-13-7-10-4-3-5-12-6-10/h3-6,9,13H,7-8H2,1-2H3,(H,14,15). The smallest absolute Gasteiger partial charge is 0.234 e. The van der Waals surface area contributed by atoms with Crippen molar-refractivity contribution in [3.8, 4) is 0 Å². The van der Waals surface area contributed by atoms with Gasteiger partial charge in [-0.05, 0) is 25.5 Å². The van der Waals surface area contributed by atoms with Gasteiger partial charge in [-0.3, -0.25) is 9.78 Å². The molecule has 1 amide bonds. The fraction of sp³-hybridized carbons (Fsp3) is 0.455. The Bertz CT molecular complexity index is 298. The summed E-state index contributed by atoms with van der Waals surface area (Å²) in [5.41, 5.74) is 1.08. The molecule has 0 fully saturated rings. The Morgan fingerprint density at radius 1 is 1.53 bits per heavy atom. The lowest BCUT2D eigenvalue weighted by Gasteiger charge is -2.08. The third kappa shape index (κ3) is 5.12. The van der Waals surface area contributed by atoms with Gasteiger partial charge in [-0.15, -0.1) is 0 Å². The minimum atomic E-state index is 0.0221. The van der Waals surface area contributed by atoms with Gasteiger partial charge in [-0.25, -0.2) is 0 Å². The first kappa shape index (κ1) is 11.7. The zero-order valence-electron chi connectivity index (χ0n) is 9.16. The van der Waals surface area contributed by atoms with E-state index in [4.69, 9.17) is 0 Å². The van der Waals surface area contributed by atoms with Crippen molar-refractivity contribution in [2.45, 2.75) is 26.4 Å². The highest BCUT2D eigenvalue weighted by atomic mass is 16.1. The molecule has 0 bridgehead atoms. The van der Waals surface area contributed by atoms with Crippen LogP contribution in [0, 0.1) is 0 Å². The molecule has 15 heavy (non-hydrogen) atoms. The van der Waals surface area contributed by atoms with E-state index >= 15 is 0 Å².